The van der Waals surface area contributed by atoms with Gasteiger partial charge in [0.15, 0.2) is 0 Å². The highest BCUT2D eigenvalue weighted by Crippen LogP contribution is 2.09. The molecular formula is C19H30N4O7. The number of rotatable bonds is 9. The summed E-state index contributed by atoms with van der Waals surface area (Å²) in [5, 5.41) is 0. The first kappa shape index (κ1) is 25.1. The second kappa shape index (κ2) is 10.7. The van der Waals surface area contributed by atoms with E-state index in [-0.39, 0.29) is 26.1 Å². The molecule has 0 saturated heterocycles. The maximum absolute atomic E-state index is 12.7. The van der Waals surface area contributed by atoms with Gasteiger partial charge in [-0.05, 0) is 34.6 Å². The fourth-order valence-electron chi connectivity index (χ4n) is 2.47. The molecule has 1 rings (SSSR count). The van der Waals surface area contributed by atoms with Gasteiger partial charge in [0.05, 0.1) is 6.61 Å². The predicted octanol–water partition coefficient (Wildman–Crippen LogP) is -0.704. The van der Waals surface area contributed by atoms with Crippen molar-refractivity contribution in [3.63, 3.8) is 0 Å². The summed E-state index contributed by atoms with van der Waals surface area (Å²) in [6.07, 6.45) is 1.18. The monoisotopic (exact) mass is 426 g/mol. The van der Waals surface area contributed by atoms with Crippen molar-refractivity contribution in [1.82, 2.24) is 14.5 Å². The lowest BCUT2D eigenvalue weighted by Crippen LogP contribution is -2.49. The first-order valence-corrected chi connectivity index (χ1v) is 9.56. The summed E-state index contributed by atoms with van der Waals surface area (Å²) < 4.78 is 11.3. The van der Waals surface area contributed by atoms with Gasteiger partial charge in [-0.2, -0.15) is 0 Å². The van der Waals surface area contributed by atoms with Crippen LogP contribution in [0.25, 0.3) is 0 Å². The molecule has 1 heterocycles. The number of ether oxygens (including phenoxy) is 2. The van der Waals surface area contributed by atoms with E-state index in [4.69, 9.17) is 15.2 Å². The number of aromatic nitrogens is 2. The van der Waals surface area contributed by atoms with E-state index in [9.17, 15) is 24.0 Å². The smallest absolute Gasteiger partial charge is 0.328 e. The standard InChI is InChI=1S/C19H30N4O7/c1-6-29-15(25)11-23(10-13(20)17(27)30-19(3,4)5)14(24)7-8-22-9-12(2)16(26)21-18(22)28/h9,13H,6-8,10-11,20H2,1-5H3,(H,21,26,28). The Hall–Kier alpha value is -2.95. The molecule has 0 spiro atoms. The number of H-pyrrole nitrogens is 1. The first-order valence-electron chi connectivity index (χ1n) is 9.56. The molecule has 0 saturated carbocycles. The fraction of sp³-hybridized carbons (Fsp3) is 0.632. The zero-order valence-corrected chi connectivity index (χ0v) is 18.0. The number of carbonyl (C=O) groups is 3. The molecule has 1 aromatic rings. The molecule has 0 radical (unpaired) electrons. The lowest BCUT2D eigenvalue weighted by Gasteiger charge is -2.27. The van der Waals surface area contributed by atoms with E-state index < -0.39 is 47.3 Å². The number of nitrogens with zero attached hydrogens (tertiary/aromatic N) is 2. The zero-order chi connectivity index (χ0) is 23.1. The van der Waals surface area contributed by atoms with Crippen molar-refractivity contribution in [2.24, 2.45) is 5.73 Å². The average molecular weight is 426 g/mol. The Kier molecular flexibility index (Phi) is 8.96. The molecule has 1 unspecified atom stereocenters. The van der Waals surface area contributed by atoms with Gasteiger partial charge in [0.25, 0.3) is 5.56 Å². The Labute approximate surface area is 174 Å². The maximum Gasteiger partial charge on any atom is 0.328 e. The number of carbonyl (C=O) groups excluding carboxylic acids is 3. The average Bonchev–Trinajstić information content (AvgIpc) is 2.61. The molecule has 0 aliphatic heterocycles. The minimum atomic E-state index is -1.17. The molecule has 3 N–H and O–H groups in total. The number of hydrogen-bond donors (Lipinski definition) is 2. The van der Waals surface area contributed by atoms with Crippen LogP contribution in [0, 0.1) is 6.92 Å². The van der Waals surface area contributed by atoms with Crippen LogP contribution in [-0.4, -0.2) is 63.6 Å². The van der Waals surface area contributed by atoms with E-state index in [1.165, 1.54) is 17.7 Å². The maximum atomic E-state index is 12.7. The van der Waals surface area contributed by atoms with Crippen molar-refractivity contribution in [1.29, 1.82) is 0 Å². The highest BCUT2D eigenvalue weighted by molar-refractivity contribution is 5.83. The summed E-state index contributed by atoms with van der Waals surface area (Å²) in [6.45, 7) is 7.65. The van der Waals surface area contributed by atoms with Crippen LogP contribution < -0.4 is 17.0 Å². The van der Waals surface area contributed by atoms with Gasteiger partial charge in [-0.3, -0.25) is 28.7 Å². The molecule has 1 amide bonds. The number of hydrogen-bond acceptors (Lipinski definition) is 8. The SMILES string of the molecule is CCOC(=O)CN(CC(N)C(=O)OC(C)(C)C)C(=O)CCn1cc(C)c(=O)[nH]c1=O. The molecule has 0 aliphatic carbocycles. The Morgan fingerprint density at radius 1 is 1.27 bits per heavy atom. The van der Waals surface area contributed by atoms with Crippen LogP contribution in [0.3, 0.4) is 0 Å². The van der Waals surface area contributed by atoms with Crippen molar-refractivity contribution in [3.8, 4) is 0 Å². The molecule has 30 heavy (non-hydrogen) atoms. The van der Waals surface area contributed by atoms with E-state index in [0.717, 1.165) is 4.90 Å². The molecule has 168 valence electrons. The molecule has 1 aromatic heterocycles. The van der Waals surface area contributed by atoms with Gasteiger partial charge in [-0.1, -0.05) is 0 Å². The minimum Gasteiger partial charge on any atom is -0.465 e. The van der Waals surface area contributed by atoms with Gasteiger partial charge in [-0.25, -0.2) is 4.79 Å². The Morgan fingerprint density at radius 2 is 1.90 bits per heavy atom. The molecule has 0 fully saturated rings. The van der Waals surface area contributed by atoms with E-state index in [2.05, 4.69) is 4.98 Å². The number of nitrogens with two attached hydrogens (primary N) is 1. The Morgan fingerprint density at radius 3 is 2.47 bits per heavy atom. The van der Waals surface area contributed by atoms with Gasteiger partial charge in [0.2, 0.25) is 5.91 Å². The van der Waals surface area contributed by atoms with Crippen LogP contribution in [0.5, 0.6) is 0 Å². The Balaban J connectivity index is 2.90. The number of aromatic amines is 1. The third kappa shape index (κ3) is 8.19. The van der Waals surface area contributed by atoms with Crippen LogP contribution in [0.2, 0.25) is 0 Å². The van der Waals surface area contributed by atoms with E-state index in [0.29, 0.717) is 5.56 Å². The predicted molar refractivity (Wildman–Crippen MR) is 108 cm³/mol. The van der Waals surface area contributed by atoms with Crippen molar-refractivity contribution < 1.29 is 23.9 Å². The molecule has 0 bridgehead atoms. The first-order chi connectivity index (χ1) is 13.8. The van der Waals surface area contributed by atoms with Crippen LogP contribution in [0.1, 0.15) is 39.7 Å². The van der Waals surface area contributed by atoms with E-state index >= 15 is 0 Å². The lowest BCUT2D eigenvalue weighted by molar-refractivity contribution is -0.158. The molecule has 11 nitrogen and oxygen atoms in total. The van der Waals surface area contributed by atoms with E-state index in [1.807, 2.05) is 0 Å². The molecule has 0 aromatic carbocycles. The van der Waals surface area contributed by atoms with Crippen molar-refractivity contribution in [2.75, 3.05) is 19.7 Å². The highest BCUT2D eigenvalue weighted by Gasteiger charge is 2.27. The topological polar surface area (TPSA) is 154 Å². The number of aryl methyl sites for hydroxylation is 2. The quantitative estimate of drug-likeness (QED) is 0.491. The van der Waals surface area contributed by atoms with Gasteiger partial charge < -0.3 is 20.1 Å². The van der Waals surface area contributed by atoms with Crippen LogP contribution in [0.4, 0.5) is 0 Å². The van der Waals surface area contributed by atoms with Gasteiger partial charge in [0, 0.05) is 31.3 Å². The third-order valence-corrected chi connectivity index (χ3v) is 3.86. The summed E-state index contributed by atoms with van der Waals surface area (Å²) in [7, 11) is 0. The Bertz CT molecular complexity index is 882. The molecule has 11 heteroatoms. The van der Waals surface area contributed by atoms with Gasteiger partial charge in [-0.15, -0.1) is 0 Å². The molecule has 1 atom stereocenters. The lowest BCUT2D eigenvalue weighted by atomic mass is 10.2. The second-order valence-electron chi connectivity index (χ2n) is 7.73. The number of amides is 1. The van der Waals surface area contributed by atoms with E-state index in [1.54, 1.807) is 27.7 Å². The van der Waals surface area contributed by atoms with Crippen molar-refractivity contribution >= 4 is 17.8 Å². The normalized spacial score (nSPS) is 12.2. The van der Waals surface area contributed by atoms with Gasteiger partial charge in [0.1, 0.15) is 18.2 Å². The summed E-state index contributed by atoms with van der Waals surface area (Å²) >= 11 is 0. The van der Waals surface area contributed by atoms with Crippen LogP contribution >= 0.6 is 0 Å². The van der Waals surface area contributed by atoms with Gasteiger partial charge >= 0.3 is 17.6 Å². The molecular weight excluding hydrogens is 396 g/mol. The third-order valence-electron chi connectivity index (χ3n) is 3.86. The minimum absolute atomic E-state index is 0.0315. The highest BCUT2D eigenvalue weighted by atomic mass is 16.6. The second-order valence-corrected chi connectivity index (χ2v) is 7.73. The fourth-order valence-corrected chi connectivity index (χ4v) is 2.47. The largest absolute Gasteiger partial charge is 0.465 e. The van der Waals surface area contributed by atoms with Crippen LogP contribution in [-0.2, 0) is 30.4 Å². The molecule has 0 aliphatic rings. The number of esters is 2. The summed E-state index contributed by atoms with van der Waals surface area (Å²) in [4.78, 5) is 63.3. The summed E-state index contributed by atoms with van der Waals surface area (Å²) in [5.74, 6) is -1.88. The number of nitrogens with one attached hydrogen (secondary N) is 1. The summed E-state index contributed by atoms with van der Waals surface area (Å²) in [6, 6.07) is -1.17. The zero-order valence-electron chi connectivity index (χ0n) is 18.0. The summed E-state index contributed by atoms with van der Waals surface area (Å²) in [5.41, 5.74) is 4.27. The van der Waals surface area contributed by atoms with Crippen LogP contribution in [0.15, 0.2) is 15.8 Å². The van der Waals surface area contributed by atoms with Crippen molar-refractivity contribution in [3.05, 3.63) is 32.6 Å². The van der Waals surface area contributed by atoms with Crippen molar-refractivity contribution in [2.45, 2.75) is 59.2 Å².